The van der Waals surface area contributed by atoms with E-state index in [1.807, 2.05) is 11.6 Å². The van der Waals surface area contributed by atoms with Crippen molar-refractivity contribution < 1.29 is 4.79 Å². The first kappa shape index (κ1) is 22.2. The van der Waals surface area contributed by atoms with Crippen molar-refractivity contribution in [2.45, 2.75) is 51.6 Å². The van der Waals surface area contributed by atoms with Gasteiger partial charge in [0.25, 0.3) is 5.91 Å². The fourth-order valence-corrected chi connectivity index (χ4v) is 3.38. The van der Waals surface area contributed by atoms with Crippen LogP contribution in [-0.2, 0) is 0 Å². The number of likely N-dealkylation sites (N-methyl/N-ethyl adjacent to an activating group) is 1. The van der Waals surface area contributed by atoms with Crippen LogP contribution in [0.15, 0.2) is 0 Å². The number of nitrogens with zero attached hydrogens (tertiary/aromatic N) is 4. The predicted octanol–water partition coefficient (Wildman–Crippen LogP) is 1.57. The van der Waals surface area contributed by atoms with Crippen molar-refractivity contribution in [1.82, 2.24) is 30.5 Å². The topological polar surface area (TPSA) is 75.1 Å². The van der Waals surface area contributed by atoms with Gasteiger partial charge in [-0.15, -0.1) is 29.9 Å². The number of hydrogen-bond donors (Lipinski definition) is 2. The van der Waals surface area contributed by atoms with E-state index >= 15 is 0 Å². The summed E-state index contributed by atoms with van der Waals surface area (Å²) in [5.74, 6) is -0.102. The van der Waals surface area contributed by atoms with E-state index in [2.05, 4.69) is 32.8 Å². The van der Waals surface area contributed by atoms with Crippen molar-refractivity contribution in [3.05, 3.63) is 11.4 Å². The Hall–Kier alpha value is -0.890. The molecule has 0 aromatic carbocycles. The van der Waals surface area contributed by atoms with Gasteiger partial charge >= 0.3 is 0 Å². The SMILES string of the molecule is CCN(CCNC(=O)c1nnn(C2CCNCC2)c1C)C1CC1.Cl.Cl. The Bertz CT molecular complexity index is 543. The van der Waals surface area contributed by atoms with Crippen LogP contribution in [0, 0.1) is 6.92 Å². The summed E-state index contributed by atoms with van der Waals surface area (Å²) in [6.45, 7) is 8.75. The molecular formula is C16H30Cl2N6O. The highest BCUT2D eigenvalue weighted by atomic mass is 35.5. The molecule has 1 saturated carbocycles. The molecule has 0 bridgehead atoms. The molecule has 1 aliphatic heterocycles. The molecule has 1 amide bonds. The summed E-state index contributed by atoms with van der Waals surface area (Å²) in [6, 6.07) is 1.09. The second kappa shape index (κ2) is 10.3. The van der Waals surface area contributed by atoms with Crippen molar-refractivity contribution in [2.75, 3.05) is 32.7 Å². The molecule has 0 atom stereocenters. The van der Waals surface area contributed by atoms with Gasteiger partial charge in [-0.1, -0.05) is 12.1 Å². The smallest absolute Gasteiger partial charge is 0.273 e. The van der Waals surface area contributed by atoms with Gasteiger partial charge in [0.1, 0.15) is 0 Å². The number of carbonyl (C=O) groups is 1. The fourth-order valence-electron chi connectivity index (χ4n) is 3.38. The maximum atomic E-state index is 12.4. The number of nitrogens with one attached hydrogen (secondary N) is 2. The van der Waals surface area contributed by atoms with Crippen LogP contribution in [0.3, 0.4) is 0 Å². The standard InChI is InChI=1S/C16H28N6O.2ClH/c1-3-21(13-4-5-13)11-10-18-16(23)15-12(2)22(20-19-15)14-6-8-17-9-7-14;;/h13-14,17H,3-11H2,1-2H3,(H,18,23);2*1H. The molecule has 1 aromatic rings. The molecule has 1 aliphatic carbocycles. The molecule has 0 unspecified atom stereocenters. The molecule has 1 aromatic heterocycles. The van der Waals surface area contributed by atoms with Gasteiger partial charge in [-0.05, 0) is 52.2 Å². The van der Waals surface area contributed by atoms with Gasteiger partial charge in [-0.2, -0.15) is 0 Å². The van der Waals surface area contributed by atoms with E-state index in [-0.39, 0.29) is 30.7 Å². The molecule has 2 aliphatic rings. The van der Waals surface area contributed by atoms with E-state index in [4.69, 9.17) is 0 Å². The molecule has 144 valence electrons. The zero-order valence-electron chi connectivity index (χ0n) is 15.0. The summed E-state index contributed by atoms with van der Waals surface area (Å²) in [6.07, 6.45) is 4.67. The van der Waals surface area contributed by atoms with Crippen LogP contribution in [0.5, 0.6) is 0 Å². The quantitative estimate of drug-likeness (QED) is 0.736. The largest absolute Gasteiger partial charge is 0.349 e. The Kier molecular flexibility index (Phi) is 9.13. The molecule has 0 radical (unpaired) electrons. The van der Waals surface area contributed by atoms with Crippen LogP contribution in [0.25, 0.3) is 0 Å². The average molecular weight is 393 g/mol. The molecule has 3 rings (SSSR count). The van der Waals surface area contributed by atoms with Crippen LogP contribution >= 0.6 is 24.8 Å². The summed E-state index contributed by atoms with van der Waals surface area (Å²) in [7, 11) is 0. The van der Waals surface area contributed by atoms with Crippen LogP contribution in [0.4, 0.5) is 0 Å². The third kappa shape index (κ3) is 5.54. The van der Waals surface area contributed by atoms with Crippen LogP contribution < -0.4 is 10.6 Å². The molecular weight excluding hydrogens is 363 g/mol. The Morgan fingerprint density at radius 3 is 2.56 bits per heavy atom. The van der Waals surface area contributed by atoms with Crippen molar-refractivity contribution in [2.24, 2.45) is 0 Å². The lowest BCUT2D eigenvalue weighted by molar-refractivity contribution is 0.0942. The molecule has 2 heterocycles. The normalized spacial score (nSPS) is 17.7. The summed E-state index contributed by atoms with van der Waals surface area (Å²) in [5, 5.41) is 14.7. The van der Waals surface area contributed by atoms with Crippen molar-refractivity contribution in [3.63, 3.8) is 0 Å². The van der Waals surface area contributed by atoms with E-state index < -0.39 is 0 Å². The molecule has 25 heavy (non-hydrogen) atoms. The third-order valence-corrected chi connectivity index (χ3v) is 4.95. The molecule has 9 heteroatoms. The van der Waals surface area contributed by atoms with E-state index in [0.29, 0.717) is 18.3 Å². The number of hydrogen-bond acceptors (Lipinski definition) is 5. The van der Waals surface area contributed by atoms with Gasteiger partial charge in [-0.3, -0.25) is 9.69 Å². The molecule has 2 N–H and O–H groups in total. The summed E-state index contributed by atoms with van der Waals surface area (Å²) < 4.78 is 1.93. The van der Waals surface area contributed by atoms with Crippen LogP contribution in [0.1, 0.15) is 54.8 Å². The van der Waals surface area contributed by atoms with E-state index in [1.54, 1.807) is 0 Å². The number of amides is 1. The minimum atomic E-state index is -0.102. The minimum absolute atomic E-state index is 0. The first-order valence-corrected chi connectivity index (χ1v) is 8.85. The second-order valence-electron chi connectivity index (χ2n) is 6.56. The Labute approximate surface area is 162 Å². The second-order valence-corrected chi connectivity index (χ2v) is 6.56. The van der Waals surface area contributed by atoms with Gasteiger partial charge in [-0.25, -0.2) is 4.68 Å². The number of halogens is 2. The van der Waals surface area contributed by atoms with Gasteiger partial charge in [0.2, 0.25) is 0 Å². The fraction of sp³-hybridized carbons (Fsp3) is 0.812. The molecule has 2 fully saturated rings. The van der Waals surface area contributed by atoms with Crippen molar-refractivity contribution in [3.8, 4) is 0 Å². The Balaban J connectivity index is 0.00000156. The summed E-state index contributed by atoms with van der Waals surface area (Å²) in [4.78, 5) is 14.8. The highest BCUT2D eigenvalue weighted by Gasteiger charge is 2.27. The van der Waals surface area contributed by atoms with E-state index in [0.717, 1.165) is 50.8 Å². The molecule has 1 saturated heterocycles. The van der Waals surface area contributed by atoms with Crippen LogP contribution in [0.2, 0.25) is 0 Å². The van der Waals surface area contributed by atoms with Gasteiger partial charge in [0.15, 0.2) is 5.69 Å². The number of carbonyl (C=O) groups excluding carboxylic acids is 1. The van der Waals surface area contributed by atoms with Gasteiger partial charge < -0.3 is 10.6 Å². The molecule has 0 spiro atoms. The summed E-state index contributed by atoms with van der Waals surface area (Å²) >= 11 is 0. The minimum Gasteiger partial charge on any atom is -0.349 e. The monoisotopic (exact) mass is 392 g/mol. The van der Waals surface area contributed by atoms with E-state index in [9.17, 15) is 4.79 Å². The average Bonchev–Trinajstić information content (AvgIpc) is 3.34. The maximum absolute atomic E-state index is 12.4. The van der Waals surface area contributed by atoms with Crippen molar-refractivity contribution >= 4 is 30.7 Å². The van der Waals surface area contributed by atoms with Crippen molar-refractivity contribution in [1.29, 1.82) is 0 Å². The highest BCUT2D eigenvalue weighted by molar-refractivity contribution is 5.93. The lowest BCUT2D eigenvalue weighted by Gasteiger charge is -2.23. The Morgan fingerprint density at radius 2 is 1.96 bits per heavy atom. The number of aromatic nitrogens is 3. The third-order valence-electron chi connectivity index (χ3n) is 4.95. The zero-order chi connectivity index (χ0) is 16.2. The first-order valence-electron chi connectivity index (χ1n) is 8.85. The zero-order valence-corrected chi connectivity index (χ0v) is 16.7. The predicted molar refractivity (Wildman–Crippen MR) is 103 cm³/mol. The lowest BCUT2D eigenvalue weighted by atomic mass is 10.1. The highest BCUT2D eigenvalue weighted by Crippen LogP contribution is 2.25. The Morgan fingerprint density at radius 1 is 1.28 bits per heavy atom. The maximum Gasteiger partial charge on any atom is 0.273 e. The first-order chi connectivity index (χ1) is 11.2. The van der Waals surface area contributed by atoms with Gasteiger partial charge in [0, 0.05) is 19.1 Å². The van der Waals surface area contributed by atoms with E-state index in [1.165, 1.54) is 12.8 Å². The molecule has 7 nitrogen and oxygen atoms in total. The number of piperidine rings is 1. The van der Waals surface area contributed by atoms with Crippen LogP contribution in [-0.4, -0.2) is 64.6 Å². The lowest BCUT2D eigenvalue weighted by Crippen LogP contribution is -2.36. The summed E-state index contributed by atoms with van der Waals surface area (Å²) in [5.41, 5.74) is 1.35. The number of rotatable bonds is 7. The van der Waals surface area contributed by atoms with Gasteiger partial charge in [0.05, 0.1) is 11.7 Å².